The number of hydrogen-bond donors (Lipinski definition) is 0. The molecule has 10 heavy (non-hydrogen) atoms. The normalized spacial score (nSPS) is 34.0. The van der Waals surface area contributed by atoms with E-state index in [1.54, 1.807) is 0 Å². The second kappa shape index (κ2) is 3.09. The molecule has 0 N–H and O–H groups in total. The van der Waals surface area contributed by atoms with Crippen molar-refractivity contribution in [2.75, 3.05) is 13.1 Å². The van der Waals surface area contributed by atoms with Crippen molar-refractivity contribution in [3.05, 3.63) is 12.8 Å². The van der Waals surface area contributed by atoms with Gasteiger partial charge in [-0.2, -0.15) is 0 Å². The molecule has 1 heteroatoms. The maximum absolute atomic E-state index is 3.78. The van der Waals surface area contributed by atoms with Crippen LogP contribution in [0.4, 0.5) is 0 Å². The van der Waals surface area contributed by atoms with Gasteiger partial charge in [0, 0.05) is 13.1 Å². The molecule has 0 saturated carbocycles. The highest BCUT2D eigenvalue weighted by molar-refractivity contribution is 4.80. The molecule has 1 rings (SSSR count). The average Bonchev–Trinajstić information content (AvgIpc) is 1.85. The van der Waals surface area contributed by atoms with E-state index in [4.69, 9.17) is 0 Å². The van der Waals surface area contributed by atoms with Crippen LogP contribution in [-0.4, -0.2) is 18.0 Å². The lowest BCUT2D eigenvalue weighted by Crippen LogP contribution is -2.34. The molecule has 1 fully saturated rings. The van der Waals surface area contributed by atoms with Crippen molar-refractivity contribution in [2.24, 2.45) is 11.8 Å². The molecule has 0 aromatic carbocycles. The molecule has 2 atom stereocenters. The van der Waals surface area contributed by atoms with Gasteiger partial charge < -0.3 is 4.90 Å². The number of likely N-dealkylation sites (tertiary alicyclic amines) is 1. The maximum Gasteiger partial charge on any atom is 0.0198 e. The van der Waals surface area contributed by atoms with E-state index in [9.17, 15) is 0 Å². The van der Waals surface area contributed by atoms with Crippen LogP contribution in [0.15, 0.2) is 12.8 Å². The van der Waals surface area contributed by atoms with Gasteiger partial charge in [0.15, 0.2) is 0 Å². The van der Waals surface area contributed by atoms with Gasteiger partial charge in [-0.3, -0.25) is 0 Å². The highest BCUT2D eigenvalue weighted by Crippen LogP contribution is 2.20. The lowest BCUT2D eigenvalue weighted by molar-refractivity contribution is 0.193. The van der Waals surface area contributed by atoms with Crippen LogP contribution in [0.1, 0.15) is 20.3 Å². The quantitative estimate of drug-likeness (QED) is 0.538. The van der Waals surface area contributed by atoms with Gasteiger partial charge in [0.2, 0.25) is 0 Å². The van der Waals surface area contributed by atoms with Gasteiger partial charge >= 0.3 is 0 Å². The lowest BCUT2D eigenvalue weighted by Gasteiger charge is -2.33. The van der Waals surface area contributed by atoms with E-state index in [0.717, 1.165) is 11.8 Å². The Labute approximate surface area is 63.7 Å². The van der Waals surface area contributed by atoms with Crippen molar-refractivity contribution in [3.8, 4) is 0 Å². The Morgan fingerprint density at radius 1 is 1.30 bits per heavy atom. The van der Waals surface area contributed by atoms with Crippen LogP contribution >= 0.6 is 0 Å². The summed E-state index contributed by atoms with van der Waals surface area (Å²) in [5, 5.41) is 0. The summed E-state index contributed by atoms with van der Waals surface area (Å²) in [7, 11) is 0. The molecule has 58 valence electrons. The Morgan fingerprint density at radius 3 is 2.20 bits per heavy atom. The van der Waals surface area contributed by atoms with Crippen molar-refractivity contribution in [2.45, 2.75) is 20.3 Å². The van der Waals surface area contributed by atoms with Gasteiger partial charge in [-0.25, -0.2) is 0 Å². The third-order valence-corrected chi connectivity index (χ3v) is 2.16. The Bertz CT molecular complexity index is 110. The molecule has 0 aromatic rings. The van der Waals surface area contributed by atoms with Gasteiger partial charge in [-0.05, 0) is 24.5 Å². The average molecular weight is 139 g/mol. The second-order valence-electron chi connectivity index (χ2n) is 3.58. The van der Waals surface area contributed by atoms with E-state index in [1.807, 2.05) is 6.20 Å². The Hall–Kier alpha value is -0.460. The van der Waals surface area contributed by atoms with Crippen molar-refractivity contribution < 1.29 is 0 Å². The Morgan fingerprint density at radius 2 is 1.80 bits per heavy atom. The highest BCUT2D eigenvalue weighted by Gasteiger charge is 2.18. The molecule has 1 aliphatic heterocycles. The van der Waals surface area contributed by atoms with E-state index in [2.05, 4.69) is 25.3 Å². The molecule has 0 bridgehead atoms. The number of piperidine rings is 1. The number of nitrogens with zero attached hydrogens (tertiary/aromatic N) is 1. The number of rotatable bonds is 1. The summed E-state index contributed by atoms with van der Waals surface area (Å²) in [6, 6.07) is 0. The van der Waals surface area contributed by atoms with Crippen LogP contribution in [0.25, 0.3) is 0 Å². The minimum Gasteiger partial charge on any atom is -0.377 e. The summed E-state index contributed by atoms with van der Waals surface area (Å²) in [4.78, 5) is 2.32. The van der Waals surface area contributed by atoms with Gasteiger partial charge in [0.05, 0.1) is 0 Å². The van der Waals surface area contributed by atoms with Gasteiger partial charge in [-0.15, -0.1) is 0 Å². The Balaban J connectivity index is 2.42. The third-order valence-electron chi connectivity index (χ3n) is 2.16. The van der Waals surface area contributed by atoms with Crippen molar-refractivity contribution in [1.29, 1.82) is 0 Å². The monoisotopic (exact) mass is 139 g/mol. The first-order valence-corrected chi connectivity index (χ1v) is 4.09. The summed E-state index contributed by atoms with van der Waals surface area (Å²) in [6.45, 7) is 10.8. The summed E-state index contributed by atoms with van der Waals surface area (Å²) in [6.07, 6.45) is 3.34. The lowest BCUT2D eigenvalue weighted by atomic mass is 9.92. The molecule has 1 aliphatic rings. The first-order valence-electron chi connectivity index (χ1n) is 4.09. The van der Waals surface area contributed by atoms with Crippen LogP contribution < -0.4 is 0 Å². The van der Waals surface area contributed by atoms with Crippen molar-refractivity contribution in [3.63, 3.8) is 0 Å². The second-order valence-corrected chi connectivity index (χ2v) is 3.58. The minimum atomic E-state index is 0.849. The first kappa shape index (κ1) is 7.64. The molecule has 0 radical (unpaired) electrons. The molecule has 2 unspecified atom stereocenters. The fraction of sp³-hybridized carbons (Fsp3) is 0.778. The third kappa shape index (κ3) is 1.76. The fourth-order valence-electron chi connectivity index (χ4n) is 1.86. The van der Waals surface area contributed by atoms with E-state index in [1.165, 1.54) is 19.5 Å². The predicted molar refractivity (Wildman–Crippen MR) is 44.7 cm³/mol. The largest absolute Gasteiger partial charge is 0.377 e. The van der Waals surface area contributed by atoms with Crippen molar-refractivity contribution in [1.82, 2.24) is 4.90 Å². The molecule has 0 spiro atoms. The zero-order valence-electron chi connectivity index (χ0n) is 7.01. The predicted octanol–water partition coefficient (Wildman–Crippen LogP) is 2.11. The number of hydrogen-bond acceptors (Lipinski definition) is 1. The summed E-state index contributed by atoms with van der Waals surface area (Å²) in [5.74, 6) is 1.70. The molecule has 1 nitrogen and oxygen atoms in total. The Kier molecular flexibility index (Phi) is 2.36. The molecule has 1 heterocycles. The van der Waals surface area contributed by atoms with Gasteiger partial charge in [-0.1, -0.05) is 20.4 Å². The van der Waals surface area contributed by atoms with E-state index in [0.29, 0.717) is 0 Å². The van der Waals surface area contributed by atoms with Gasteiger partial charge in [0.1, 0.15) is 0 Å². The highest BCUT2D eigenvalue weighted by atomic mass is 15.1. The summed E-state index contributed by atoms with van der Waals surface area (Å²) >= 11 is 0. The standard InChI is InChI=1S/C9H17N/c1-4-10-6-8(2)5-9(3)7-10/h4,8-9H,1,5-7H2,2-3H3. The molecule has 0 aliphatic carbocycles. The fourth-order valence-corrected chi connectivity index (χ4v) is 1.86. The molecular weight excluding hydrogens is 122 g/mol. The minimum absolute atomic E-state index is 0.849. The zero-order chi connectivity index (χ0) is 7.56. The van der Waals surface area contributed by atoms with E-state index >= 15 is 0 Å². The van der Waals surface area contributed by atoms with E-state index in [-0.39, 0.29) is 0 Å². The van der Waals surface area contributed by atoms with Crippen molar-refractivity contribution >= 4 is 0 Å². The van der Waals surface area contributed by atoms with Crippen LogP contribution in [-0.2, 0) is 0 Å². The van der Waals surface area contributed by atoms with Crippen LogP contribution in [0.3, 0.4) is 0 Å². The van der Waals surface area contributed by atoms with Crippen LogP contribution in [0.2, 0.25) is 0 Å². The smallest absolute Gasteiger partial charge is 0.0198 e. The molecular formula is C9H17N. The SMILES string of the molecule is C=CN1CC(C)CC(C)C1. The summed E-state index contributed by atoms with van der Waals surface area (Å²) < 4.78 is 0. The summed E-state index contributed by atoms with van der Waals surface area (Å²) in [5.41, 5.74) is 0. The van der Waals surface area contributed by atoms with Crippen LogP contribution in [0.5, 0.6) is 0 Å². The van der Waals surface area contributed by atoms with Gasteiger partial charge in [0.25, 0.3) is 0 Å². The molecule has 1 saturated heterocycles. The van der Waals surface area contributed by atoms with E-state index < -0.39 is 0 Å². The maximum atomic E-state index is 3.78. The molecule has 0 amide bonds. The first-order chi connectivity index (χ1) is 4.72. The zero-order valence-corrected chi connectivity index (χ0v) is 7.01. The van der Waals surface area contributed by atoms with Crippen LogP contribution in [0, 0.1) is 11.8 Å². The topological polar surface area (TPSA) is 3.24 Å². The molecule has 0 aromatic heterocycles.